The predicted octanol–water partition coefficient (Wildman–Crippen LogP) is 13.9. The average molecular weight is 929 g/mol. The molecule has 0 spiro atoms. The van der Waals surface area contributed by atoms with Gasteiger partial charge in [0.1, 0.15) is 0 Å². The second-order valence-corrected chi connectivity index (χ2v) is 25.7. The Kier molecular flexibility index (Phi) is 9.69. The van der Waals surface area contributed by atoms with Gasteiger partial charge in [0.15, 0.2) is 0 Å². The number of benzene rings is 11. The Balaban J connectivity index is 1.10. The van der Waals surface area contributed by atoms with Crippen molar-refractivity contribution in [2.24, 2.45) is 0 Å². The second-order valence-electron chi connectivity index (χ2n) is 17.7. The molecule has 2 aromatic heterocycles. The van der Waals surface area contributed by atoms with Gasteiger partial charge in [0.05, 0.1) is 0 Å². The van der Waals surface area contributed by atoms with E-state index in [0.29, 0.717) is 0 Å². The minimum absolute atomic E-state index is 1.10. The number of para-hydroxylation sites is 3. The Morgan fingerprint density at radius 3 is 1.21 bits per heavy atom. The topological polar surface area (TPSA) is 13.1 Å². The molecule has 0 aliphatic heterocycles. The molecule has 0 amide bonds. The molecule has 0 aliphatic rings. The minimum atomic E-state index is -3.62. The first-order chi connectivity index (χ1) is 33.8. The molecule has 0 bridgehead atoms. The summed E-state index contributed by atoms with van der Waals surface area (Å²) in [5.74, 6) is 0. The number of fused-ring (bicyclic) bond motifs is 7. The molecule has 4 heteroatoms. The van der Waals surface area contributed by atoms with Crippen molar-refractivity contribution in [2.75, 3.05) is 4.90 Å². The van der Waals surface area contributed by atoms with Gasteiger partial charge >= 0.3 is 346 Å². The molecule has 11 aromatic carbocycles. The molecule has 0 aliphatic carbocycles. The number of anilines is 3. The fraction of sp³-hybridized carbons (Fsp3) is 0. The molecule has 2 heterocycles. The van der Waals surface area contributed by atoms with E-state index in [9.17, 15) is 0 Å². The van der Waals surface area contributed by atoms with Gasteiger partial charge in [-0.3, -0.25) is 0 Å². The van der Waals surface area contributed by atoms with Gasteiger partial charge in [0.2, 0.25) is 0 Å². The summed E-state index contributed by atoms with van der Waals surface area (Å²) >= 11 is -3.62. The number of hydrogen-bond acceptors (Lipinski definition) is 1. The van der Waals surface area contributed by atoms with Crippen LogP contribution in [-0.2, 0) is 0 Å². The molecule has 0 radical (unpaired) electrons. The normalized spacial score (nSPS) is 11.8. The van der Waals surface area contributed by atoms with Crippen LogP contribution in [0, 0.1) is 0 Å². The van der Waals surface area contributed by atoms with Crippen LogP contribution in [0.3, 0.4) is 0 Å². The van der Waals surface area contributed by atoms with Crippen molar-refractivity contribution in [1.82, 2.24) is 9.13 Å². The fourth-order valence-corrected chi connectivity index (χ4v) is 21.1. The third-order valence-electron chi connectivity index (χ3n) is 14.0. The third-order valence-corrected chi connectivity index (χ3v) is 24.0. The van der Waals surface area contributed by atoms with E-state index in [4.69, 9.17) is 0 Å². The summed E-state index contributed by atoms with van der Waals surface area (Å²) in [5, 5.41) is 7.28. The SMILES string of the molecule is c1ccc(-n2c3ccccc3c3cc(N(c4ccc5c(c4)c4c[c]([Ge]([c]6ccccc6)([c]6ccccc6)[c]6ccccc6)ccc4n5-c4ccccc4)c4cccc5ccccc45)ccc32)cc1. The molecule has 13 aromatic rings. The van der Waals surface area contributed by atoms with Crippen molar-refractivity contribution in [2.45, 2.75) is 0 Å². The van der Waals surface area contributed by atoms with Crippen LogP contribution in [0.2, 0.25) is 0 Å². The molecule has 0 saturated carbocycles. The standard InChI is InChI=1S/C64H45GeN3/c1-6-23-47(24-7-1)65(48-25-8-2-9-26-48,49-27-10-3-11-28-49)50-37-40-62-57(43-50)59-45-54(39-42-64(59)68(62)52-31-14-5-15-32-52)66(60-36-20-22-46-21-16-17-33-55(46)60)53-38-41-63-58(44-53)56-34-18-19-35-61(56)67(63)51-29-12-4-13-30-51/h1-45H. The van der Waals surface area contributed by atoms with Crippen molar-refractivity contribution in [3.05, 3.63) is 273 Å². The Morgan fingerprint density at radius 1 is 0.265 bits per heavy atom. The fourth-order valence-electron chi connectivity index (χ4n) is 11.1. The largest absolute Gasteiger partial charge is 0.0602 e. The van der Waals surface area contributed by atoms with Gasteiger partial charge in [-0.15, -0.1) is 0 Å². The smallest absolute Gasteiger partial charge is 0.0380 e. The van der Waals surface area contributed by atoms with Crippen molar-refractivity contribution < 1.29 is 0 Å². The summed E-state index contributed by atoms with van der Waals surface area (Å²) in [6.45, 7) is 0. The molecular weight excluding hydrogens is 883 g/mol. The van der Waals surface area contributed by atoms with E-state index in [1.165, 1.54) is 72.0 Å². The maximum Gasteiger partial charge on any atom is -0.0380 e. The summed E-state index contributed by atoms with van der Waals surface area (Å²) in [7, 11) is 0. The second kappa shape index (κ2) is 16.5. The Bertz CT molecular complexity index is 3850. The molecular formula is C64H45GeN3. The van der Waals surface area contributed by atoms with Gasteiger partial charge in [-0.1, -0.05) is 30.3 Å². The molecule has 68 heavy (non-hydrogen) atoms. The first-order valence-corrected chi connectivity index (χ1v) is 27.6. The zero-order chi connectivity index (χ0) is 45.0. The van der Waals surface area contributed by atoms with Gasteiger partial charge in [0.25, 0.3) is 0 Å². The van der Waals surface area contributed by atoms with Gasteiger partial charge in [-0.05, 0) is 18.2 Å². The number of hydrogen-bond donors (Lipinski definition) is 0. The van der Waals surface area contributed by atoms with Crippen LogP contribution in [0.5, 0.6) is 0 Å². The van der Waals surface area contributed by atoms with Crippen LogP contribution in [0.25, 0.3) is 65.8 Å². The van der Waals surface area contributed by atoms with Crippen LogP contribution in [-0.4, -0.2) is 22.4 Å². The molecule has 3 nitrogen and oxygen atoms in total. The zero-order valence-corrected chi connectivity index (χ0v) is 39.4. The van der Waals surface area contributed by atoms with Gasteiger partial charge in [-0.2, -0.15) is 0 Å². The van der Waals surface area contributed by atoms with E-state index >= 15 is 0 Å². The van der Waals surface area contributed by atoms with Crippen molar-refractivity contribution in [1.29, 1.82) is 0 Å². The summed E-state index contributed by atoms with van der Waals surface area (Å²) in [5.41, 5.74) is 10.3. The zero-order valence-electron chi connectivity index (χ0n) is 37.3. The number of aromatic nitrogens is 2. The Morgan fingerprint density at radius 2 is 0.662 bits per heavy atom. The van der Waals surface area contributed by atoms with Gasteiger partial charge < -0.3 is 0 Å². The summed E-state index contributed by atoms with van der Waals surface area (Å²) in [4.78, 5) is 2.48. The van der Waals surface area contributed by atoms with E-state index in [1.807, 2.05) is 0 Å². The van der Waals surface area contributed by atoms with E-state index in [1.54, 1.807) is 0 Å². The Hall–Kier alpha value is -8.38. The molecule has 0 unspecified atom stereocenters. The van der Waals surface area contributed by atoms with Crippen LogP contribution < -0.4 is 22.5 Å². The van der Waals surface area contributed by atoms with Crippen molar-refractivity contribution in [3.63, 3.8) is 0 Å². The van der Waals surface area contributed by atoms with E-state index in [2.05, 4.69) is 287 Å². The molecule has 13 rings (SSSR count). The van der Waals surface area contributed by atoms with Crippen LogP contribution in [0.1, 0.15) is 0 Å². The molecule has 0 saturated heterocycles. The van der Waals surface area contributed by atoms with Crippen LogP contribution >= 0.6 is 0 Å². The average Bonchev–Trinajstić information content (AvgIpc) is 3.92. The first kappa shape index (κ1) is 39.9. The number of rotatable bonds is 9. The minimum Gasteiger partial charge on any atom is -0.0602 e. The number of nitrogens with zero attached hydrogens (tertiary/aromatic N) is 3. The van der Waals surface area contributed by atoms with Gasteiger partial charge in [-0.25, -0.2) is 0 Å². The predicted molar refractivity (Wildman–Crippen MR) is 291 cm³/mol. The van der Waals surface area contributed by atoms with E-state index in [-0.39, 0.29) is 0 Å². The third kappa shape index (κ3) is 6.35. The summed E-state index contributed by atoms with van der Waals surface area (Å²) < 4.78 is 10.5. The molecule has 0 fully saturated rings. The molecule has 320 valence electrons. The van der Waals surface area contributed by atoms with Crippen LogP contribution in [0.4, 0.5) is 17.1 Å². The molecule has 0 N–H and O–H groups in total. The van der Waals surface area contributed by atoms with Gasteiger partial charge in [0, 0.05) is 5.69 Å². The van der Waals surface area contributed by atoms with E-state index < -0.39 is 13.3 Å². The van der Waals surface area contributed by atoms with Crippen molar-refractivity contribution >= 4 is 102 Å². The summed E-state index contributed by atoms with van der Waals surface area (Å²) in [6.07, 6.45) is 0. The first-order valence-electron chi connectivity index (χ1n) is 23.4. The summed E-state index contributed by atoms with van der Waals surface area (Å²) in [6, 6.07) is 101. The Labute approximate surface area is 398 Å². The maximum atomic E-state index is 2.56. The quantitative estimate of drug-likeness (QED) is 0.131. The molecule has 0 atom stereocenters. The van der Waals surface area contributed by atoms with E-state index in [0.717, 1.165) is 28.4 Å². The maximum absolute atomic E-state index is 3.62. The van der Waals surface area contributed by atoms with Crippen LogP contribution in [0.15, 0.2) is 273 Å². The van der Waals surface area contributed by atoms with Crippen molar-refractivity contribution in [3.8, 4) is 11.4 Å². The monoisotopic (exact) mass is 929 g/mol.